The molecular weight excluding hydrogens is 361 g/mol. The van der Waals surface area contributed by atoms with Crippen LogP contribution in [0.25, 0.3) is 0 Å². The molecule has 0 radical (unpaired) electrons. The van der Waals surface area contributed by atoms with E-state index >= 15 is 0 Å². The molecule has 142 valence electrons. The number of halogens is 3. The maximum Gasteiger partial charge on any atom is 0.433 e. The summed E-state index contributed by atoms with van der Waals surface area (Å²) in [5.41, 5.74) is 0.000720. The van der Waals surface area contributed by atoms with Crippen molar-refractivity contribution >= 4 is 11.9 Å². The number of aromatic nitrogens is 2. The average molecular weight is 378 g/mol. The van der Waals surface area contributed by atoms with Crippen molar-refractivity contribution < 1.29 is 22.7 Å². The number of carbonyl (C=O) groups excluding carboxylic acids is 1. The number of fused-ring (bicyclic) bond motifs is 1. The van der Waals surface area contributed by atoms with Crippen LogP contribution >= 0.6 is 0 Å². The van der Waals surface area contributed by atoms with Crippen LogP contribution in [0.1, 0.15) is 11.3 Å². The Bertz CT molecular complexity index is 831. The molecule has 2 saturated heterocycles. The number of morpholine rings is 1. The van der Waals surface area contributed by atoms with Gasteiger partial charge in [-0.25, -0.2) is 9.97 Å². The van der Waals surface area contributed by atoms with E-state index in [1.807, 2.05) is 30.3 Å². The fourth-order valence-corrected chi connectivity index (χ4v) is 3.47. The third kappa shape index (κ3) is 3.59. The summed E-state index contributed by atoms with van der Waals surface area (Å²) in [5.74, 6) is -0.137. The van der Waals surface area contributed by atoms with Crippen molar-refractivity contribution in [1.82, 2.24) is 14.9 Å². The van der Waals surface area contributed by atoms with E-state index in [2.05, 4.69) is 9.97 Å². The van der Waals surface area contributed by atoms with Gasteiger partial charge in [-0.1, -0.05) is 30.3 Å². The smallest absolute Gasteiger partial charge is 0.364 e. The quantitative estimate of drug-likeness (QED) is 0.819. The van der Waals surface area contributed by atoms with Gasteiger partial charge in [0.25, 0.3) is 0 Å². The lowest BCUT2D eigenvalue weighted by molar-refractivity contribution is -0.153. The minimum Gasteiger partial charge on any atom is -0.364 e. The number of hydrogen-bond acceptors (Lipinski definition) is 5. The molecule has 0 N–H and O–H groups in total. The molecule has 2 aliphatic rings. The molecule has 3 heterocycles. The van der Waals surface area contributed by atoms with Gasteiger partial charge < -0.3 is 14.5 Å². The SMILES string of the molecule is O=C1CO[C@H]2CN(c3nccc(C(F)(F)F)n3)C[C@H]2N1Cc1ccccc1. The number of amides is 1. The zero-order chi connectivity index (χ0) is 19.0. The van der Waals surface area contributed by atoms with Crippen molar-refractivity contribution in [3.8, 4) is 0 Å². The van der Waals surface area contributed by atoms with Crippen molar-refractivity contribution in [1.29, 1.82) is 0 Å². The molecule has 0 spiro atoms. The number of ether oxygens (including phenoxy) is 1. The molecule has 1 aromatic heterocycles. The molecule has 27 heavy (non-hydrogen) atoms. The molecule has 2 fully saturated rings. The molecule has 2 aliphatic heterocycles. The minimum atomic E-state index is -4.53. The number of nitrogens with zero attached hydrogens (tertiary/aromatic N) is 4. The molecule has 0 unspecified atom stereocenters. The van der Waals surface area contributed by atoms with Gasteiger partial charge in [-0.05, 0) is 11.6 Å². The van der Waals surface area contributed by atoms with E-state index in [1.165, 1.54) is 0 Å². The molecule has 1 aromatic carbocycles. The van der Waals surface area contributed by atoms with Gasteiger partial charge in [0, 0.05) is 25.8 Å². The van der Waals surface area contributed by atoms with Gasteiger partial charge in [-0.3, -0.25) is 4.79 Å². The minimum absolute atomic E-state index is 0.00469. The molecule has 2 aromatic rings. The standard InChI is InChI=1S/C18H17F3N4O2/c19-18(20,21)15-6-7-22-17(23-15)24-9-13-14(10-24)27-11-16(26)25(13)8-12-4-2-1-3-5-12/h1-7,13-14H,8-11H2/t13-,14+/m1/s1. The second-order valence-corrected chi connectivity index (χ2v) is 6.57. The second kappa shape index (κ2) is 6.80. The van der Waals surface area contributed by atoms with Crippen LogP contribution in [0.15, 0.2) is 42.6 Å². The first kappa shape index (κ1) is 17.7. The van der Waals surface area contributed by atoms with Crippen molar-refractivity contribution in [3.63, 3.8) is 0 Å². The maximum atomic E-state index is 12.9. The summed E-state index contributed by atoms with van der Waals surface area (Å²) in [7, 11) is 0. The maximum absolute atomic E-state index is 12.9. The monoisotopic (exact) mass is 378 g/mol. The van der Waals surface area contributed by atoms with Gasteiger partial charge in [0.05, 0.1) is 12.1 Å². The summed E-state index contributed by atoms with van der Waals surface area (Å²) in [6.45, 7) is 1.06. The number of alkyl halides is 3. The summed E-state index contributed by atoms with van der Waals surface area (Å²) < 4.78 is 44.4. The highest BCUT2D eigenvalue weighted by molar-refractivity contribution is 5.79. The average Bonchev–Trinajstić information content (AvgIpc) is 3.09. The molecule has 0 aliphatic carbocycles. The molecule has 2 atom stereocenters. The first-order valence-electron chi connectivity index (χ1n) is 8.52. The van der Waals surface area contributed by atoms with Gasteiger partial charge >= 0.3 is 6.18 Å². The van der Waals surface area contributed by atoms with Gasteiger partial charge in [-0.15, -0.1) is 0 Å². The van der Waals surface area contributed by atoms with Crippen LogP contribution in [0, 0.1) is 0 Å². The van der Waals surface area contributed by atoms with E-state index in [4.69, 9.17) is 4.74 Å². The van der Waals surface area contributed by atoms with E-state index in [9.17, 15) is 18.0 Å². The van der Waals surface area contributed by atoms with Crippen molar-refractivity contribution in [2.45, 2.75) is 24.9 Å². The van der Waals surface area contributed by atoms with Crippen molar-refractivity contribution in [2.24, 2.45) is 0 Å². The Kier molecular flexibility index (Phi) is 4.47. The number of hydrogen-bond donors (Lipinski definition) is 0. The highest BCUT2D eigenvalue weighted by Crippen LogP contribution is 2.31. The lowest BCUT2D eigenvalue weighted by atomic mass is 10.1. The van der Waals surface area contributed by atoms with Crippen LogP contribution in [0.4, 0.5) is 19.1 Å². The summed E-state index contributed by atoms with van der Waals surface area (Å²) in [6, 6.07) is 10.1. The molecular formula is C18H17F3N4O2. The van der Waals surface area contributed by atoms with Crippen molar-refractivity contribution in [3.05, 3.63) is 53.9 Å². The Balaban J connectivity index is 1.55. The van der Waals surface area contributed by atoms with E-state index in [0.717, 1.165) is 17.8 Å². The summed E-state index contributed by atoms with van der Waals surface area (Å²) in [6.07, 6.45) is -3.72. The zero-order valence-electron chi connectivity index (χ0n) is 14.3. The third-order valence-electron chi connectivity index (χ3n) is 4.79. The van der Waals surface area contributed by atoms with Crippen LogP contribution in [0.5, 0.6) is 0 Å². The van der Waals surface area contributed by atoms with E-state index in [0.29, 0.717) is 19.6 Å². The van der Waals surface area contributed by atoms with Crippen LogP contribution in [0.3, 0.4) is 0 Å². The Hall–Kier alpha value is -2.68. The largest absolute Gasteiger partial charge is 0.433 e. The van der Waals surface area contributed by atoms with E-state index in [1.54, 1.807) is 9.80 Å². The van der Waals surface area contributed by atoms with Gasteiger partial charge in [-0.2, -0.15) is 13.2 Å². The number of carbonyl (C=O) groups is 1. The van der Waals surface area contributed by atoms with E-state index < -0.39 is 11.9 Å². The molecule has 6 nitrogen and oxygen atoms in total. The first-order chi connectivity index (χ1) is 12.9. The highest BCUT2D eigenvalue weighted by atomic mass is 19.4. The zero-order valence-corrected chi connectivity index (χ0v) is 14.3. The van der Waals surface area contributed by atoms with Crippen LogP contribution in [-0.2, 0) is 22.3 Å². The molecule has 1 amide bonds. The fraction of sp³-hybridized carbons (Fsp3) is 0.389. The summed E-state index contributed by atoms with van der Waals surface area (Å²) >= 11 is 0. The molecule has 4 rings (SSSR count). The number of rotatable bonds is 3. The third-order valence-corrected chi connectivity index (χ3v) is 4.79. The van der Waals surface area contributed by atoms with Crippen LogP contribution in [-0.4, -0.2) is 52.6 Å². The van der Waals surface area contributed by atoms with Crippen LogP contribution < -0.4 is 4.90 Å². The van der Waals surface area contributed by atoms with Gasteiger partial charge in [0.2, 0.25) is 11.9 Å². The number of anilines is 1. The van der Waals surface area contributed by atoms with Gasteiger partial charge in [0.15, 0.2) is 0 Å². The highest BCUT2D eigenvalue weighted by Gasteiger charge is 2.44. The summed E-state index contributed by atoms with van der Waals surface area (Å²) in [5, 5.41) is 0. The van der Waals surface area contributed by atoms with Crippen LogP contribution in [0.2, 0.25) is 0 Å². The first-order valence-corrected chi connectivity index (χ1v) is 8.52. The van der Waals surface area contributed by atoms with Crippen molar-refractivity contribution in [2.75, 3.05) is 24.6 Å². The number of benzene rings is 1. The Morgan fingerprint density at radius 2 is 1.93 bits per heavy atom. The lowest BCUT2D eigenvalue weighted by Crippen LogP contribution is -2.53. The predicted molar refractivity (Wildman–Crippen MR) is 89.8 cm³/mol. The topological polar surface area (TPSA) is 58.6 Å². The Labute approximate surface area is 153 Å². The molecule has 9 heteroatoms. The Morgan fingerprint density at radius 1 is 1.15 bits per heavy atom. The van der Waals surface area contributed by atoms with E-state index in [-0.39, 0.29) is 30.6 Å². The van der Waals surface area contributed by atoms with Gasteiger partial charge in [0.1, 0.15) is 12.3 Å². The normalized spacial score (nSPS) is 22.9. The fourth-order valence-electron chi connectivity index (χ4n) is 3.47. The Morgan fingerprint density at radius 3 is 2.67 bits per heavy atom. The predicted octanol–water partition coefficient (Wildman–Crippen LogP) is 2.11. The molecule has 0 bridgehead atoms. The summed E-state index contributed by atoms with van der Waals surface area (Å²) in [4.78, 5) is 23.4. The molecule has 0 saturated carbocycles. The second-order valence-electron chi connectivity index (χ2n) is 6.57. The lowest BCUT2D eigenvalue weighted by Gasteiger charge is -2.36.